The zero-order valence-electron chi connectivity index (χ0n) is 11.2. The number of aromatic amines is 1. The van der Waals surface area contributed by atoms with Crippen LogP contribution in [-0.4, -0.2) is 26.4 Å². The van der Waals surface area contributed by atoms with Crippen molar-refractivity contribution in [2.45, 2.75) is 11.6 Å². The third-order valence-electron chi connectivity index (χ3n) is 2.68. The number of carbonyl (C=O) groups excluding carboxylic acids is 1. The van der Waals surface area contributed by atoms with Crippen molar-refractivity contribution in [2.75, 3.05) is 16.8 Å². The van der Waals surface area contributed by atoms with Gasteiger partial charge in [0.2, 0.25) is 5.91 Å². The first-order chi connectivity index (χ1) is 9.97. The number of nitrogens with two attached hydrogens (primary N) is 1. The van der Waals surface area contributed by atoms with E-state index >= 15 is 0 Å². The molecule has 2 rings (SSSR count). The first-order valence-electron chi connectivity index (χ1n) is 6.06. The van der Waals surface area contributed by atoms with Crippen molar-refractivity contribution in [2.24, 2.45) is 7.05 Å². The summed E-state index contributed by atoms with van der Waals surface area (Å²) in [5, 5.41) is 9.26. The number of nitrogen functional groups attached to an aromatic ring is 1. The van der Waals surface area contributed by atoms with Crippen LogP contribution in [0.1, 0.15) is 6.42 Å². The van der Waals surface area contributed by atoms with Crippen molar-refractivity contribution >= 4 is 29.0 Å². The average Bonchev–Trinajstić information content (AvgIpc) is 2.75. The van der Waals surface area contributed by atoms with E-state index in [1.807, 2.05) is 0 Å². The topological polar surface area (TPSA) is 106 Å². The zero-order valence-corrected chi connectivity index (χ0v) is 12.0. The molecule has 0 bridgehead atoms. The zero-order chi connectivity index (χ0) is 15.4. The van der Waals surface area contributed by atoms with E-state index in [4.69, 9.17) is 5.73 Å². The molecule has 0 radical (unpaired) electrons. The van der Waals surface area contributed by atoms with Gasteiger partial charge >= 0.3 is 5.69 Å². The maximum Gasteiger partial charge on any atom is 0.343 e. The Labute approximate surface area is 123 Å². The lowest BCUT2D eigenvalue weighted by molar-refractivity contribution is -0.115. The second-order valence-electron chi connectivity index (χ2n) is 4.25. The third kappa shape index (κ3) is 3.85. The smallest absolute Gasteiger partial charge is 0.343 e. The summed E-state index contributed by atoms with van der Waals surface area (Å²) in [7, 11) is 1.59. The SMILES string of the molecule is Cn1c(SCCC(=O)Nc2ccc(F)c(N)c2)n[nH]c1=O. The summed E-state index contributed by atoms with van der Waals surface area (Å²) in [6.07, 6.45) is 0.225. The fourth-order valence-electron chi connectivity index (χ4n) is 1.54. The summed E-state index contributed by atoms with van der Waals surface area (Å²) in [6, 6.07) is 3.99. The van der Waals surface area contributed by atoms with Crippen LogP contribution < -0.4 is 16.7 Å². The fourth-order valence-corrected chi connectivity index (χ4v) is 2.40. The number of benzene rings is 1. The highest BCUT2D eigenvalue weighted by molar-refractivity contribution is 7.99. The number of aromatic nitrogens is 3. The Balaban J connectivity index is 1.83. The number of hydrogen-bond donors (Lipinski definition) is 3. The molecule has 1 heterocycles. The Morgan fingerprint density at radius 1 is 1.57 bits per heavy atom. The van der Waals surface area contributed by atoms with E-state index < -0.39 is 5.82 Å². The number of anilines is 2. The molecule has 21 heavy (non-hydrogen) atoms. The van der Waals surface area contributed by atoms with E-state index in [1.165, 1.54) is 34.5 Å². The molecule has 0 spiro atoms. The summed E-state index contributed by atoms with van der Waals surface area (Å²) in [5.74, 6) is -0.294. The maximum absolute atomic E-state index is 13.0. The van der Waals surface area contributed by atoms with E-state index in [9.17, 15) is 14.0 Å². The van der Waals surface area contributed by atoms with Gasteiger partial charge in [-0.25, -0.2) is 14.3 Å². The van der Waals surface area contributed by atoms with Crippen LogP contribution in [-0.2, 0) is 11.8 Å². The molecule has 1 aromatic carbocycles. The maximum atomic E-state index is 13.0. The van der Waals surface area contributed by atoms with Crippen molar-refractivity contribution in [3.8, 4) is 0 Å². The molecule has 9 heteroatoms. The number of nitrogens with one attached hydrogen (secondary N) is 2. The van der Waals surface area contributed by atoms with Crippen molar-refractivity contribution in [1.29, 1.82) is 0 Å². The van der Waals surface area contributed by atoms with E-state index in [1.54, 1.807) is 7.05 Å². The van der Waals surface area contributed by atoms with Crippen molar-refractivity contribution in [1.82, 2.24) is 14.8 Å². The normalized spacial score (nSPS) is 10.6. The van der Waals surface area contributed by atoms with E-state index in [0.29, 0.717) is 16.6 Å². The first kappa shape index (κ1) is 15.1. The number of H-pyrrole nitrogens is 1. The molecule has 2 aromatic rings. The fraction of sp³-hybridized carbons (Fsp3) is 0.250. The number of amides is 1. The second kappa shape index (κ2) is 6.44. The van der Waals surface area contributed by atoms with Crippen molar-refractivity contribution in [3.63, 3.8) is 0 Å². The van der Waals surface area contributed by atoms with Gasteiger partial charge in [-0.3, -0.25) is 9.36 Å². The summed E-state index contributed by atoms with van der Waals surface area (Å²) >= 11 is 1.29. The van der Waals surface area contributed by atoms with E-state index in [0.717, 1.165) is 0 Å². The molecule has 0 fully saturated rings. The van der Waals surface area contributed by atoms with Gasteiger partial charge in [-0.15, -0.1) is 5.10 Å². The number of nitrogens with zero attached hydrogens (tertiary/aromatic N) is 2. The van der Waals surface area contributed by atoms with Gasteiger partial charge in [0.15, 0.2) is 5.16 Å². The van der Waals surface area contributed by atoms with Crippen molar-refractivity contribution < 1.29 is 9.18 Å². The largest absolute Gasteiger partial charge is 0.396 e. The minimum atomic E-state index is -0.525. The molecule has 0 aliphatic rings. The minimum Gasteiger partial charge on any atom is -0.396 e. The quantitative estimate of drug-likeness (QED) is 0.563. The van der Waals surface area contributed by atoms with Crippen LogP contribution in [0.5, 0.6) is 0 Å². The summed E-state index contributed by atoms with van der Waals surface area (Å²) < 4.78 is 14.4. The third-order valence-corrected chi connectivity index (χ3v) is 3.71. The molecule has 0 aliphatic carbocycles. The van der Waals surface area contributed by atoms with Crippen LogP contribution in [0.2, 0.25) is 0 Å². The monoisotopic (exact) mass is 311 g/mol. The number of hydrogen-bond acceptors (Lipinski definition) is 5. The molecule has 0 atom stereocenters. The Hall–Kier alpha value is -2.29. The molecule has 0 aliphatic heterocycles. The predicted octanol–water partition coefficient (Wildman–Crippen LogP) is 0.951. The van der Waals surface area contributed by atoms with E-state index in [2.05, 4.69) is 15.5 Å². The molecule has 0 saturated carbocycles. The van der Waals surface area contributed by atoms with E-state index in [-0.39, 0.29) is 23.7 Å². The lowest BCUT2D eigenvalue weighted by Gasteiger charge is -2.06. The van der Waals surface area contributed by atoms with Gasteiger partial charge in [0.25, 0.3) is 0 Å². The van der Waals surface area contributed by atoms with Crippen LogP contribution in [0.3, 0.4) is 0 Å². The lowest BCUT2D eigenvalue weighted by Crippen LogP contribution is -2.14. The predicted molar refractivity (Wildman–Crippen MR) is 78.6 cm³/mol. The molecule has 0 saturated heterocycles. The van der Waals surface area contributed by atoms with Crippen LogP contribution in [0.4, 0.5) is 15.8 Å². The van der Waals surface area contributed by atoms with Crippen LogP contribution in [0, 0.1) is 5.82 Å². The number of rotatable bonds is 5. The molecule has 4 N–H and O–H groups in total. The summed E-state index contributed by atoms with van der Waals surface area (Å²) in [4.78, 5) is 22.9. The highest BCUT2D eigenvalue weighted by Gasteiger charge is 2.08. The summed E-state index contributed by atoms with van der Waals surface area (Å²) in [5.41, 5.74) is 5.54. The van der Waals surface area contributed by atoms with Crippen LogP contribution >= 0.6 is 11.8 Å². The number of thioether (sulfide) groups is 1. The Kier molecular flexibility index (Phi) is 4.63. The standard InChI is InChI=1S/C12H14FN5O2S/c1-18-11(20)16-17-12(18)21-5-4-10(19)15-7-2-3-8(13)9(14)6-7/h2-3,6H,4-5,14H2,1H3,(H,15,19)(H,16,20). The second-order valence-corrected chi connectivity index (χ2v) is 5.32. The van der Waals surface area contributed by atoms with Crippen LogP contribution in [0.15, 0.2) is 28.2 Å². The molecular weight excluding hydrogens is 297 g/mol. The van der Waals surface area contributed by atoms with Gasteiger partial charge in [0, 0.05) is 24.9 Å². The number of carbonyl (C=O) groups is 1. The highest BCUT2D eigenvalue weighted by Crippen LogP contribution is 2.17. The Morgan fingerprint density at radius 2 is 2.33 bits per heavy atom. The van der Waals surface area contributed by atoms with Gasteiger partial charge in [0.1, 0.15) is 5.82 Å². The molecular formula is C12H14FN5O2S. The number of halogens is 1. The molecule has 1 amide bonds. The lowest BCUT2D eigenvalue weighted by atomic mass is 10.2. The molecule has 112 valence electrons. The molecule has 0 unspecified atom stereocenters. The average molecular weight is 311 g/mol. The Bertz CT molecular complexity index is 712. The molecule has 7 nitrogen and oxygen atoms in total. The van der Waals surface area contributed by atoms with Gasteiger partial charge in [0.05, 0.1) is 5.69 Å². The van der Waals surface area contributed by atoms with Crippen LogP contribution in [0.25, 0.3) is 0 Å². The summed E-state index contributed by atoms with van der Waals surface area (Å²) in [6.45, 7) is 0. The van der Waals surface area contributed by atoms with Gasteiger partial charge < -0.3 is 11.1 Å². The molecule has 1 aromatic heterocycles. The minimum absolute atomic E-state index is 0.0197. The van der Waals surface area contributed by atoms with Gasteiger partial charge in [-0.05, 0) is 18.2 Å². The Morgan fingerprint density at radius 3 is 2.95 bits per heavy atom. The van der Waals surface area contributed by atoms with Crippen molar-refractivity contribution in [3.05, 3.63) is 34.5 Å². The highest BCUT2D eigenvalue weighted by atomic mass is 32.2. The van der Waals surface area contributed by atoms with Gasteiger partial charge in [-0.1, -0.05) is 11.8 Å². The first-order valence-corrected chi connectivity index (χ1v) is 7.05. The van der Waals surface area contributed by atoms with Gasteiger partial charge in [-0.2, -0.15) is 0 Å².